The van der Waals surface area contributed by atoms with Crippen molar-refractivity contribution in [1.82, 2.24) is 0 Å². The second-order valence-corrected chi connectivity index (χ2v) is 6.21. The lowest BCUT2D eigenvalue weighted by Gasteiger charge is -2.26. The average molecular weight is 266 g/mol. The molecule has 1 N–H and O–H groups in total. The largest absolute Gasteiger partial charge is 0.497 e. The average Bonchev–Trinajstić information content (AvgIpc) is 2.46. The maximum absolute atomic E-state index is 10.2. The summed E-state index contributed by atoms with van der Waals surface area (Å²) in [7, 11) is 1.68. The Kier molecular flexibility index (Phi) is 5.39. The molecule has 2 rings (SSSR count). The first-order valence-corrected chi connectivity index (χ1v) is 7.77. The quantitative estimate of drug-likeness (QED) is 0.887. The van der Waals surface area contributed by atoms with Gasteiger partial charge in [0.15, 0.2) is 0 Å². The number of rotatable bonds is 5. The molecule has 0 amide bonds. The molecule has 1 heterocycles. The third-order valence-corrected chi connectivity index (χ3v) is 5.03. The highest BCUT2D eigenvalue weighted by atomic mass is 32.2. The Balaban J connectivity index is 1.78. The molecule has 3 heteroatoms. The van der Waals surface area contributed by atoms with Crippen molar-refractivity contribution < 1.29 is 9.84 Å². The summed E-state index contributed by atoms with van der Waals surface area (Å²) in [4.78, 5) is 0. The van der Waals surface area contributed by atoms with Gasteiger partial charge < -0.3 is 9.84 Å². The summed E-state index contributed by atoms with van der Waals surface area (Å²) >= 11 is 1.94. The van der Waals surface area contributed by atoms with Gasteiger partial charge in [-0.15, -0.1) is 0 Å². The Morgan fingerprint density at radius 3 is 2.72 bits per heavy atom. The number of hydrogen-bond donors (Lipinski definition) is 1. The van der Waals surface area contributed by atoms with Crippen molar-refractivity contribution in [3.05, 3.63) is 29.8 Å². The smallest absolute Gasteiger partial charge is 0.118 e. The van der Waals surface area contributed by atoms with Gasteiger partial charge in [-0.2, -0.15) is 11.8 Å². The number of thioether (sulfide) groups is 1. The second-order valence-electron chi connectivity index (χ2n) is 4.86. The molecule has 0 spiro atoms. The molecule has 0 bridgehead atoms. The van der Waals surface area contributed by atoms with Gasteiger partial charge in [-0.25, -0.2) is 0 Å². The maximum atomic E-state index is 10.2. The van der Waals surface area contributed by atoms with E-state index in [0.717, 1.165) is 18.6 Å². The highest BCUT2D eigenvalue weighted by Gasteiger charge is 2.21. The first-order valence-electron chi connectivity index (χ1n) is 6.72. The molecule has 1 aliphatic heterocycles. The first kappa shape index (κ1) is 13.8. The van der Waals surface area contributed by atoms with Gasteiger partial charge in [0.1, 0.15) is 5.75 Å². The zero-order valence-electron chi connectivity index (χ0n) is 11.0. The standard InChI is InChI=1S/C15H22O2S/c1-17-13-8-5-12(6-9-13)7-10-14(16)15-4-2-3-11-18-15/h5-6,8-9,14-16H,2-4,7,10-11H2,1H3. The molecule has 1 aromatic rings. The summed E-state index contributed by atoms with van der Waals surface area (Å²) in [5.74, 6) is 2.10. The topological polar surface area (TPSA) is 29.5 Å². The molecule has 0 saturated carbocycles. The van der Waals surface area contributed by atoms with Crippen LogP contribution < -0.4 is 4.74 Å². The Hall–Kier alpha value is -0.670. The van der Waals surface area contributed by atoms with Crippen molar-refractivity contribution >= 4 is 11.8 Å². The summed E-state index contributed by atoms with van der Waals surface area (Å²) in [5, 5.41) is 10.6. The van der Waals surface area contributed by atoms with Gasteiger partial charge in [-0.1, -0.05) is 18.6 Å². The maximum Gasteiger partial charge on any atom is 0.118 e. The lowest BCUT2D eigenvalue weighted by atomic mass is 10.0. The molecule has 2 unspecified atom stereocenters. The van der Waals surface area contributed by atoms with E-state index in [1.54, 1.807) is 7.11 Å². The van der Waals surface area contributed by atoms with Crippen LogP contribution in [-0.4, -0.2) is 29.3 Å². The fourth-order valence-electron chi connectivity index (χ4n) is 2.36. The molecule has 0 aliphatic carbocycles. The molecular weight excluding hydrogens is 244 g/mol. The SMILES string of the molecule is COc1ccc(CCC(O)C2CCCCS2)cc1. The van der Waals surface area contributed by atoms with E-state index in [1.165, 1.54) is 30.6 Å². The molecule has 100 valence electrons. The van der Waals surface area contributed by atoms with E-state index in [1.807, 2.05) is 23.9 Å². The van der Waals surface area contributed by atoms with Crippen molar-refractivity contribution in [2.24, 2.45) is 0 Å². The van der Waals surface area contributed by atoms with Crippen LogP contribution in [0.4, 0.5) is 0 Å². The third-order valence-electron chi connectivity index (χ3n) is 3.53. The van der Waals surface area contributed by atoms with Gasteiger partial charge in [-0.3, -0.25) is 0 Å². The highest BCUT2D eigenvalue weighted by Crippen LogP contribution is 2.29. The summed E-state index contributed by atoms with van der Waals surface area (Å²) < 4.78 is 5.14. The van der Waals surface area contributed by atoms with Gasteiger partial charge in [0.25, 0.3) is 0 Å². The monoisotopic (exact) mass is 266 g/mol. The Morgan fingerprint density at radius 1 is 1.33 bits per heavy atom. The first-order chi connectivity index (χ1) is 8.79. The van der Waals surface area contributed by atoms with Gasteiger partial charge in [0.05, 0.1) is 13.2 Å². The van der Waals surface area contributed by atoms with Gasteiger partial charge in [0, 0.05) is 5.25 Å². The van der Waals surface area contributed by atoms with Crippen molar-refractivity contribution in [1.29, 1.82) is 0 Å². The minimum atomic E-state index is -0.155. The van der Waals surface area contributed by atoms with E-state index in [-0.39, 0.29) is 6.10 Å². The van der Waals surface area contributed by atoms with Crippen LogP contribution in [0.2, 0.25) is 0 Å². The molecule has 2 atom stereocenters. The van der Waals surface area contributed by atoms with Gasteiger partial charge in [0.2, 0.25) is 0 Å². The molecule has 0 aromatic heterocycles. The predicted octanol–water partition coefficient (Wildman–Crippen LogP) is 3.27. The number of methoxy groups -OCH3 is 1. The van der Waals surface area contributed by atoms with Crippen molar-refractivity contribution in [3.63, 3.8) is 0 Å². The van der Waals surface area contributed by atoms with Gasteiger partial charge in [-0.05, 0) is 49.1 Å². The molecular formula is C15H22O2S. The van der Waals surface area contributed by atoms with Crippen LogP contribution in [0.25, 0.3) is 0 Å². The number of aryl methyl sites for hydroxylation is 1. The van der Waals surface area contributed by atoms with Crippen LogP contribution in [0, 0.1) is 0 Å². The highest BCUT2D eigenvalue weighted by molar-refractivity contribution is 8.00. The lowest BCUT2D eigenvalue weighted by molar-refractivity contribution is 0.156. The summed E-state index contributed by atoms with van der Waals surface area (Å²) in [6, 6.07) is 8.13. The molecule has 1 aromatic carbocycles. The fraction of sp³-hybridized carbons (Fsp3) is 0.600. The molecule has 18 heavy (non-hydrogen) atoms. The number of ether oxygens (including phenoxy) is 1. The third kappa shape index (κ3) is 3.92. The molecule has 0 radical (unpaired) electrons. The van der Waals surface area contributed by atoms with Crippen LogP contribution in [0.15, 0.2) is 24.3 Å². The zero-order chi connectivity index (χ0) is 12.8. The summed E-state index contributed by atoms with van der Waals surface area (Å²) in [5.41, 5.74) is 1.27. The van der Waals surface area contributed by atoms with Crippen LogP contribution in [0.3, 0.4) is 0 Å². The fourth-order valence-corrected chi connectivity index (χ4v) is 3.73. The normalized spacial score (nSPS) is 21.6. The van der Waals surface area contributed by atoms with E-state index < -0.39 is 0 Å². The van der Waals surface area contributed by atoms with Crippen molar-refractivity contribution in [2.45, 2.75) is 43.5 Å². The molecule has 2 nitrogen and oxygen atoms in total. The van der Waals surface area contributed by atoms with Crippen molar-refractivity contribution in [2.75, 3.05) is 12.9 Å². The van der Waals surface area contributed by atoms with Crippen LogP contribution in [0.1, 0.15) is 31.2 Å². The van der Waals surface area contributed by atoms with E-state index >= 15 is 0 Å². The predicted molar refractivity (Wildman–Crippen MR) is 77.4 cm³/mol. The summed E-state index contributed by atoms with van der Waals surface area (Å²) in [6.45, 7) is 0. The summed E-state index contributed by atoms with van der Waals surface area (Å²) in [6.07, 6.45) is 5.42. The minimum absolute atomic E-state index is 0.155. The van der Waals surface area contributed by atoms with E-state index in [9.17, 15) is 5.11 Å². The minimum Gasteiger partial charge on any atom is -0.497 e. The van der Waals surface area contributed by atoms with Crippen LogP contribution in [0.5, 0.6) is 5.75 Å². The molecule has 1 saturated heterocycles. The number of benzene rings is 1. The van der Waals surface area contributed by atoms with Crippen LogP contribution >= 0.6 is 11.8 Å². The Bertz CT molecular complexity index is 344. The number of hydrogen-bond acceptors (Lipinski definition) is 3. The Labute approximate surface area is 114 Å². The molecule has 1 fully saturated rings. The second kappa shape index (κ2) is 7.05. The molecule has 1 aliphatic rings. The van der Waals surface area contributed by atoms with E-state index in [2.05, 4.69) is 12.1 Å². The van der Waals surface area contributed by atoms with Gasteiger partial charge >= 0.3 is 0 Å². The Morgan fingerprint density at radius 2 is 2.11 bits per heavy atom. The van der Waals surface area contributed by atoms with E-state index in [4.69, 9.17) is 4.74 Å². The van der Waals surface area contributed by atoms with Crippen LogP contribution in [-0.2, 0) is 6.42 Å². The van der Waals surface area contributed by atoms with E-state index in [0.29, 0.717) is 5.25 Å². The van der Waals surface area contributed by atoms with Crippen molar-refractivity contribution in [3.8, 4) is 5.75 Å². The lowest BCUT2D eigenvalue weighted by Crippen LogP contribution is -2.26. The number of aliphatic hydroxyl groups is 1. The number of aliphatic hydroxyl groups excluding tert-OH is 1. The zero-order valence-corrected chi connectivity index (χ0v) is 11.8.